The molecule has 1 saturated heterocycles. The first-order valence-corrected chi connectivity index (χ1v) is 8.99. The van der Waals surface area contributed by atoms with E-state index >= 15 is 0 Å². The van der Waals surface area contributed by atoms with Gasteiger partial charge in [-0.15, -0.1) is 11.3 Å². The van der Waals surface area contributed by atoms with Crippen molar-refractivity contribution in [1.29, 1.82) is 0 Å². The number of nitrogens with one attached hydrogen (secondary N) is 2. The van der Waals surface area contributed by atoms with E-state index in [-0.39, 0.29) is 6.03 Å². The molecule has 1 aromatic rings. The van der Waals surface area contributed by atoms with Gasteiger partial charge >= 0.3 is 6.03 Å². The van der Waals surface area contributed by atoms with E-state index in [9.17, 15) is 4.79 Å². The highest BCUT2D eigenvalue weighted by molar-refractivity contribution is 7.10. The maximum atomic E-state index is 11.9. The first-order chi connectivity index (χ1) is 10.7. The average Bonchev–Trinajstić information content (AvgIpc) is 3.20. The fraction of sp³-hybridized carbons (Fsp3) is 0.688. The number of hydrogen-bond acceptors (Lipinski definition) is 4. The van der Waals surface area contributed by atoms with Crippen molar-refractivity contribution in [2.24, 2.45) is 5.92 Å². The molecule has 1 aromatic heterocycles. The van der Waals surface area contributed by atoms with Crippen molar-refractivity contribution in [2.75, 3.05) is 32.8 Å². The Bertz CT molecular complexity index is 499. The lowest BCUT2D eigenvalue weighted by molar-refractivity contribution is 0.182. The molecule has 0 unspecified atom stereocenters. The fourth-order valence-electron chi connectivity index (χ4n) is 3.06. The van der Waals surface area contributed by atoms with Crippen LogP contribution in [0.1, 0.15) is 23.8 Å². The van der Waals surface area contributed by atoms with Gasteiger partial charge in [-0.25, -0.2) is 4.79 Å². The van der Waals surface area contributed by atoms with Crippen molar-refractivity contribution in [3.63, 3.8) is 0 Å². The normalized spacial score (nSPS) is 23.0. The van der Waals surface area contributed by atoms with Gasteiger partial charge in [-0.3, -0.25) is 4.90 Å². The number of fused-ring (bicyclic) bond motifs is 1. The quantitative estimate of drug-likeness (QED) is 0.869. The summed E-state index contributed by atoms with van der Waals surface area (Å²) < 4.78 is 5.31. The molecule has 2 aliphatic heterocycles. The van der Waals surface area contributed by atoms with Gasteiger partial charge in [-0.05, 0) is 36.8 Å². The molecule has 0 radical (unpaired) electrons. The highest BCUT2D eigenvalue weighted by Crippen LogP contribution is 2.24. The molecule has 0 bridgehead atoms. The van der Waals surface area contributed by atoms with E-state index in [4.69, 9.17) is 4.74 Å². The van der Waals surface area contributed by atoms with Crippen LogP contribution in [0.5, 0.6) is 0 Å². The molecule has 122 valence electrons. The third-order valence-corrected chi connectivity index (χ3v) is 5.62. The Labute approximate surface area is 136 Å². The second-order valence-electron chi connectivity index (χ2n) is 6.26. The molecule has 2 amide bonds. The van der Waals surface area contributed by atoms with Crippen LogP contribution in [0.15, 0.2) is 11.4 Å². The monoisotopic (exact) mass is 323 g/mol. The first-order valence-electron chi connectivity index (χ1n) is 8.11. The SMILES string of the molecule is C[C@H](CNC(=O)NC[C@@H]1CCOC1)N1CCc2sccc2C1. The third-order valence-electron chi connectivity index (χ3n) is 4.59. The van der Waals surface area contributed by atoms with Crippen LogP contribution in [-0.2, 0) is 17.7 Å². The van der Waals surface area contributed by atoms with E-state index in [0.717, 1.165) is 39.1 Å². The van der Waals surface area contributed by atoms with Crippen LogP contribution < -0.4 is 10.6 Å². The molecule has 0 spiro atoms. The predicted molar refractivity (Wildman–Crippen MR) is 88.2 cm³/mol. The number of amides is 2. The molecule has 5 nitrogen and oxygen atoms in total. The zero-order valence-corrected chi connectivity index (χ0v) is 14.0. The maximum absolute atomic E-state index is 11.9. The topological polar surface area (TPSA) is 53.6 Å². The molecule has 22 heavy (non-hydrogen) atoms. The number of rotatable bonds is 5. The van der Waals surface area contributed by atoms with Crippen LogP contribution in [0.2, 0.25) is 0 Å². The molecule has 0 aromatic carbocycles. The van der Waals surface area contributed by atoms with Gasteiger partial charge in [-0.2, -0.15) is 0 Å². The van der Waals surface area contributed by atoms with Crippen molar-refractivity contribution in [1.82, 2.24) is 15.5 Å². The molecule has 2 atom stereocenters. The Kier molecular flexibility index (Phi) is 5.33. The summed E-state index contributed by atoms with van der Waals surface area (Å²) in [5.41, 5.74) is 1.45. The summed E-state index contributed by atoms with van der Waals surface area (Å²) in [5.74, 6) is 0.474. The second kappa shape index (κ2) is 7.44. The van der Waals surface area contributed by atoms with E-state index < -0.39 is 0 Å². The van der Waals surface area contributed by atoms with Crippen LogP contribution in [0, 0.1) is 5.92 Å². The van der Waals surface area contributed by atoms with E-state index in [0.29, 0.717) is 25.0 Å². The van der Waals surface area contributed by atoms with Gasteiger partial charge in [0, 0.05) is 49.6 Å². The van der Waals surface area contributed by atoms with Crippen LogP contribution in [0.3, 0.4) is 0 Å². The highest BCUT2D eigenvalue weighted by atomic mass is 32.1. The van der Waals surface area contributed by atoms with Gasteiger partial charge in [0.25, 0.3) is 0 Å². The predicted octanol–water partition coefficient (Wildman–Crippen LogP) is 1.83. The zero-order valence-electron chi connectivity index (χ0n) is 13.1. The summed E-state index contributed by atoms with van der Waals surface area (Å²) in [6.45, 7) is 7.26. The summed E-state index contributed by atoms with van der Waals surface area (Å²) in [5, 5.41) is 8.12. The van der Waals surface area contributed by atoms with E-state index in [1.807, 2.05) is 11.3 Å². The van der Waals surface area contributed by atoms with Crippen molar-refractivity contribution in [3.8, 4) is 0 Å². The summed E-state index contributed by atoms with van der Waals surface area (Å²) >= 11 is 1.86. The number of hydrogen-bond donors (Lipinski definition) is 2. The lowest BCUT2D eigenvalue weighted by Crippen LogP contribution is -2.47. The maximum Gasteiger partial charge on any atom is 0.314 e. The highest BCUT2D eigenvalue weighted by Gasteiger charge is 2.22. The Hall–Kier alpha value is -1.11. The van der Waals surface area contributed by atoms with Crippen molar-refractivity contribution >= 4 is 17.4 Å². The minimum atomic E-state index is -0.0630. The van der Waals surface area contributed by atoms with Gasteiger partial charge in [-0.1, -0.05) is 0 Å². The average molecular weight is 323 g/mol. The largest absolute Gasteiger partial charge is 0.381 e. The Morgan fingerprint density at radius 1 is 1.55 bits per heavy atom. The van der Waals surface area contributed by atoms with Gasteiger partial charge in [0.05, 0.1) is 6.61 Å². The zero-order chi connectivity index (χ0) is 15.4. The van der Waals surface area contributed by atoms with Gasteiger partial charge < -0.3 is 15.4 Å². The molecular formula is C16H25N3O2S. The minimum Gasteiger partial charge on any atom is -0.381 e. The molecule has 0 saturated carbocycles. The number of thiophene rings is 1. The van der Waals surface area contributed by atoms with Crippen molar-refractivity contribution in [2.45, 2.75) is 32.4 Å². The lowest BCUT2D eigenvalue weighted by Gasteiger charge is -2.32. The van der Waals surface area contributed by atoms with Crippen LogP contribution >= 0.6 is 11.3 Å². The van der Waals surface area contributed by atoms with E-state index in [1.54, 1.807) is 0 Å². The summed E-state index contributed by atoms with van der Waals surface area (Å²) in [7, 11) is 0. The van der Waals surface area contributed by atoms with Gasteiger partial charge in [0.15, 0.2) is 0 Å². The second-order valence-corrected chi connectivity index (χ2v) is 7.26. The summed E-state index contributed by atoms with van der Waals surface area (Å²) in [6, 6.07) is 2.52. The van der Waals surface area contributed by atoms with Crippen LogP contribution in [0.25, 0.3) is 0 Å². The smallest absolute Gasteiger partial charge is 0.314 e. The van der Waals surface area contributed by atoms with Gasteiger partial charge in [0.2, 0.25) is 0 Å². The minimum absolute atomic E-state index is 0.0630. The van der Waals surface area contributed by atoms with Crippen LogP contribution in [-0.4, -0.2) is 49.8 Å². The molecule has 1 fully saturated rings. The number of carbonyl (C=O) groups is 1. The van der Waals surface area contributed by atoms with Crippen molar-refractivity contribution < 1.29 is 9.53 Å². The molecular weight excluding hydrogens is 298 g/mol. The number of ether oxygens (including phenoxy) is 1. The first kappa shape index (κ1) is 15.8. The standard InChI is InChI=1S/C16H25N3O2S/c1-12(19-5-2-15-14(10-19)4-7-22-15)8-17-16(20)18-9-13-3-6-21-11-13/h4,7,12-13H,2-3,5-6,8-11H2,1H3,(H2,17,18,20)/t12-,13+/m1/s1. The number of nitrogens with zero attached hydrogens (tertiary/aromatic N) is 1. The Balaban J connectivity index is 1.37. The number of urea groups is 1. The van der Waals surface area contributed by atoms with Crippen LogP contribution in [0.4, 0.5) is 4.79 Å². The molecule has 3 rings (SSSR count). The number of carbonyl (C=O) groups excluding carboxylic acids is 1. The molecule has 2 N–H and O–H groups in total. The molecule has 2 aliphatic rings. The summed E-state index contributed by atoms with van der Waals surface area (Å²) in [4.78, 5) is 15.8. The Morgan fingerprint density at radius 2 is 2.45 bits per heavy atom. The van der Waals surface area contributed by atoms with Crippen molar-refractivity contribution in [3.05, 3.63) is 21.9 Å². The molecule has 3 heterocycles. The lowest BCUT2D eigenvalue weighted by atomic mass is 10.1. The molecule has 6 heteroatoms. The fourth-order valence-corrected chi connectivity index (χ4v) is 3.95. The summed E-state index contributed by atoms with van der Waals surface area (Å²) in [6.07, 6.45) is 2.18. The Morgan fingerprint density at radius 3 is 3.27 bits per heavy atom. The third kappa shape index (κ3) is 4.00. The molecule has 0 aliphatic carbocycles. The van der Waals surface area contributed by atoms with E-state index in [2.05, 4.69) is 33.9 Å². The van der Waals surface area contributed by atoms with E-state index in [1.165, 1.54) is 10.4 Å². The van der Waals surface area contributed by atoms with Gasteiger partial charge in [0.1, 0.15) is 0 Å².